The van der Waals surface area contributed by atoms with Crippen molar-refractivity contribution in [2.45, 2.75) is 63.8 Å². The number of H-pyrrole nitrogens is 1. The molecule has 0 spiro atoms. The lowest BCUT2D eigenvalue weighted by Crippen LogP contribution is -2.43. The molecule has 1 rings (SSSR count). The number of amides is 1. The largest absolute Gasteiger partial charge is 0.346 e. The minimum absolute atomic E-state index is 0.143. The number of nitrogens with two attached hydrogens (primary N) is 1. The molecule has 0 saturated carbocycles. The van der Waals surface area contributed by atoms with Crippen molar-refractivity contribution in [1.29, 1.82) is 0 Å². The van der Waals surface area contributed by atoms with Gasteiger partial charge in [-0.15, -0.1) is 0 Å². The number of sulfonamides is 1. The Labute approximate surface area is 125 Å². The highest BCUT2D eigenvalue weighted by Crippen LogP contribution is 2.24. The van der Waals surface area contributed by atoms with Crippen LogP contribution in [0.1, 0.15) is 69.6 Å². The van der Waals surface area contributed by atoms with E-state index in [0.29, 0.717) is 5.69 Å². The molecule has 0 atom stereocenters. The number of rotatable bonds is 6. The Kier molecular flexibility index (Phi) is 5.16. The molecule has 0 aliphatic heterocycles. The van der Waals surface area contributed by atoms with Gasteiger partial charge < -0.3 is 5.32 Å². The molecule has 0 aliphatic rings. The number of nitrogens with zero attached hydrogens (tertiary/aromatic N) is 1. The molecule has 0 fully saturated rings. The summed E-state index contributed by atoms with van der Waals surface area (Å²) in [5.41, 5.74) is -0.278. The van der Waals surface area contributed by atoms with Crippen LogP contribution in [-0.2, 0) is 10.0 Å². The molecule has 1 amide bonds. The van der Waals surface area contributed by atoms with Crippen LogP contribution < -0.4 is 10.5 Å². The summed E-state index contributed by atoms with van der Waals surface area (Å²) in [4.78, 5) is 12.1. The van der Waals surface area contributed by atoms with Crippen LogP contribution >= 0.6 is 0 Å². The zero-order valence-electron chi connectivity index (χ0n) is 13.1. The van der Waals surface area contributed by atoms with Crippen molar-refractivity contribution in [3.63, 3.8) is 0 Å². The van der Waals surface area contributed by atoms with Crippen molar-refractivity contribution in [1.82, 2.24) is 15.5 Å². The van der Waals surface area contributed by atoms with E-state index in [1.807, 2.05) is 20.8 Å². The van der Waals surface area contributed by atoms with Crippen LogP contribution in [-0.4, -0.2) is 30.1 Å². The highest BCUT2D eigenvalue weighted by atomic mass is 32.2. The van der Waals surface area contributed by atoms with E-state index in [1.165, 1.54) is 0 Å². The Morgan fingerprint density at radius 3 is 2.43 bits per heavy atom. The maximum absolute atomic E-state index is 12.3. The summed E-state index contributed by atoms with van der Waals surface area (Å²) in [6.45, 7) is 9.35. The molecule has 0 saturated heterocycles. The van der Waals surface area contributed by atoms with Crippen LogP contribution in [0.25, 0.3) is 0 Å². The van der Waals surface area contributed by atoms with E-state index in [1.54, 1.807) is 13.8 Å². The third kappa shape index (κ3) is 4.28. The predicted octanol–water partition coefficient (Wildman–Crippen LogP) is 1.49. The number of primary sulfonamides is 1. The summed E-state index contributed by atoms with van der Waals surface area (Å²) < 4.78 is 23.5. The smallest absolute Gasteiger partial charge is 0.273 e. The standard InChI is InChI=1S/C13H24N4O3S/c1-6-7-13(4,5)15-12(18)10-11(21(14,19)20)9(8(2)3)16-17-10/h8H,6-7H2,1-5H3,(H,15,18)(H,16,17)(H2,14,19,20). The second kappa shape index (κ2) is 6.15. The fourth-order valence-electron chi connectivity index (χ4n) is 2.23. The summed E-state index contributed by atoms with van der Waals surface area (Å²) in [6.07, 6.45) is 1.66. The van der Waals surface area contributed by atoms with Crippen molar-refractivity contribution in [2.75, 3.05) is 0 Å². The topological polar surface area (TPSA) is 118 Å². The maximum Gasteiger partial charge on any atom is 0.273 e. The highest BCUT2D eigenvalue weighted by molar-refractivity contribution is 7.89. The zero-order chi connectivity index (χ0) is 16.4. The normalized spacial score (nSPS) is 12.7. The number of aromatic amines is 1. The Morgan fingerprint density at radius 1 is 1.43 bits per heavy atom. The fraction of sp³-hybridized carbons (Fsp3) is 0.692. The summed E-state index contributed by atoms with van der Waals surface area (Å²) in [5.74, 6) is -0.684. The Bertz CT molecular complexity index is 617. The first kappa shape index (κ1) is 17.6. The second-order valence-electron chi connectivity index (χ2n) is 6.10. The van der Waals surface area contributed by atoms with Gasteiger partial charge in [0, 0.05) is 5.54 Å². The molecule has 7 nitrogen and oxygen atoms in total. The molecule has 120 valence electrons. The summed E-state index contributed by atoms with van der Waals surface area (Å²) >= 11 is 0. The van der Waals surface area contributed by atoms with Crippen LogP contribution in [0.4, 0.5) is 0 Å². The molecule has 1 heterocycles. The molecule has 4 N–H and O–H groups in total. The average Bonchev–Trinajstić information content (AvgIpc) is 2.71. The maximum atomic E-state index is 12.3. The first-order chi connectivity index (χ1) is 9.49. The summed E-state index contributed by atoms with van der Waals surface area (Å²) in [6, 6.07) is 0. The van der Waals surface area contributed by atoms with Crippen LogP contribution in [0.2, 0.25) is 0 Å². The predicted molar refractivity (Wildman–Crippen MR) is 80.5 cm³/mol. The SMILES string of the molecule is CCCC(C)(C)NC(=O)c1n[nH]c(C(C)C)c1S(N)(=O)=O. The zero-order valence-corrected chi connectivity index (χ0v) is 14.0. The number of nitrogens with one attached hydrogen (secondary N) is 2. The Balaban J connectivity index is 3.23. The lowest BCUT2D eigenvalue weighted by molar-refractivity contribution is 0.0900. The van der Waals surface area contributed by atoms with E-state index in [-0.39, 0.29) is 16.5 Å². The molecule has 1 aromatic rings. The van der Waals surface area contributed by atoms with Crippen LogP contribution in [0, 0.1) is 0 Å². The van der Waals surface area contributed by atoms with Crippen molar-refractivity contribution < 1.29 is 13.2 Å². The van der Waals surface area contributed by atoms with Crippen LogP contribution in [0.15, 0.2) is 4.90 Å². The third-order valence-corrected chi connectivity index (χ3v) is 4.13. The lowest BCUT2D eigenvalue weighted by atomic mass is 9.99. The highest BCUT2D eigenvalue weighted by Gasteiger charge is 2.30. The fourth-order valence-corrected chi connectivity index (χ4v) is 3.23. The number of hydrogen-bond acceptors (Lipinski definition) is 4. The van der Waals surface area contributed by atoms with E-state index in [2.05, 4.69) is 15.5 Å². The van der Waals surface area contributed by atoms with E-state index >= 15 is 0 Å². The molecule has 0 aliphatic carbocycles. The molecular formula is C13H24N4O3S. The molecule has 1 aromatic heterocycles. The van der Waals surface area contributed by atoms with Crippen LogP contribution in [0.5, 0.6) is 0 Å². The summed E-state index contributed by atoms with van der Waals surface area (Å²) in [7, 11) is -4.03. The lowest BCUT2D eigenvalue weighted by Gasteiger charge is -2.25. The molecule has 0 bridgehead atoms. The molecule has 0 unspecified atom stereocenters. The van der Waals surface area contributed by atoms with Gasteiger partial charge in [-0.2, -0.15) is 5.10 Å². The van der Waals surface area contributed by atoms with Gasteiger partial charge in [0.05, 0.1) is 5.69 Å². The average molecular weight is 316 g/mol. The number of carbonyl (C=O) groups is 1. The third-order valence-electron chi connectivity index (χ3n) is 3.15. The number of hydrogen-bond donors (Lipinski definition) is 3. The van der Waals surface area contributed by atoms with Gasteiger partial charge in [0.15, 0.2) is 5.69 Å². The summed E-state index contributed by atoms with van der Waals surface area (Å²) in [5, 5.41) is 14.5. The quantitative estimate of drug-likeness (QED) is 0.736. The van der Waals surface area contributed by atoms with Gasteiger partial charge in [0.25, 0.3) is 5.91 Å². The minimum atomic E-state index is -4.03. The van der Waals surface area contributed by atoms with Gasteiger partial charge >= 0.3 is 0 Å². The van der Waals surface area contributed by atoms with Crippen molar-refractivity contribution in [2.24, 2.45) is 5.14 Å². The van der Waals surface area contributed by atoms with Crippen molar-refractivity contribution in [3.05, 3.63) is 11.4 Å². The Morgan fingerprint density at radius 2 is 2.00 bits per heavy atom. The Hall–Kier alpha value is -1.41. The second-order valence-corrected chi connectivity index (χ2v) is 7.60. The first-order valence-electron chi connectivity index (χ1n) is 6.93. The molecule has 0 aromatic carbocycles. The molecular weight excluding hydrogens is 292 g/mol. The van der Waals surface area contributed by atoms with E-state index in [9.17, 15) is 13.2 Å². The van der Waals surface area contributed by atoms with Gasteiger partial charge in [-0.3, -0.25) is 9.89 Å². The monoisotopic (exact) mass is 316 g/mol. The molecule has 21 heavy (non-hydrogen) atoms. The first-order valence-corrected chi connectivity index (χ1v) is 8.47. The molecule has 8 heteroatoms. The number of carbonyl (C=O) groups excluding carboxylic acids is 1. The van der Waals surface area contributed by atoms with Crippen LogP contribution in [0.3, 0.4) is 0 Å². The van der Waals surface area contributed by atoms with Gasteiger partial charge in [-0.1, -0.05) is 27.2 Å². The van der Waals surface area contributed by atoms with E-state index in [0.717, 1.165) is 12.8 Å². The van der Waals surface area contributed by atoms with Gasteiger partial charge in [-0.25, -0.2) is 13.6 Å². The minimum Gasteiger partial charge on any atom is -0.346 e. The van der Waals surface area contributed by atoms with Gasteiger partial charge in [-0.05, 0) is 26.2 Å². The van der Waals surface area contributed by atoms with E-state index < -0.39 is 21.5 Å². The number of aromatic nitrogens is 2. The van der Waals surface area contributed by atoms with Gasteiger partial charge in [0.1, 0.15) is 4.90 Å². The van der Waals surface area contributed by atoms with Crippen molar-refractivity contribution in [3.8, 4) is 0 Å². The van der Waals surface area contributed by atoms with Crippen molar-refractivity contribution >= 4 is 15.9 Å². The molecule has 0 radical (unpaired) electrons. The van der Waals surface area contributed by atoms with Gasteiger partial charge in [0.2, 0.25) is 10.0 Å². The van der Waals surface area contributed by atoms with E-state index in [4.69, 9.17) is 5.14 Å².